The summed E-state index contributed by atoms with van der Waals surface area (Å²) in [5, 5.41) is 0.923. The molecule has 0 saturated carbocycles. The van der Waals surface area contributed by atoms with Crippen molar-refractivity contribution in [2.45, 2.75) is 11.8 Å². The zero-order valence-corrected chi connectivity index (χ0v) is 20.1. The smallest absolute Gasteiger partial charge is 0.173 e. The Hall–Kier alpha value is -3.41. The van der Waals surface area contributed by atoms with Gasteiger partial charge in [0.25, 0.3) is 0 Å². The van der Waals surface area contributed by atoms with Gasteiger partial charge in [-0.1, -0.05) is 60.7 Å². The summed E-state index contributed by atoms with van der Waals surface area (Å²) in [6.45, 7) is 2.16. The SMILES string of the molecule is CSc1ccccc1N(c1ccc(-c2nc(-c3ccccc3)ns2)cc1)c1ccccc1C. The van der Waals surface area contributed by atoms with Gasteiger partial charge >= 0.3 is 0 Å². The molecule has 5 rings (SSSR count). The van der Waals surface area contributed by atoms with E-state index in [4.69, 9.17) is 4.98 Å². The second-order valence-electron chi connectivity index (χ2n) is 7.63. The molecule has 5 aromatic rings. The highest BCUT2D eigenvalue weighted by atomic mass is 32.2. The minimum absolute atomic E-state index is 0.773. The van der Waals surface area contributed by atoms with Gasteiger partial charge in [0.05, 0.1) is 5.69 Å². The summed E-state index contributed by atoms with van der Waals surface area (Å²) in [4.78, 5) is 8.34. The predicted molar refractivity (Wildman–Crippen MR) is 142 cm³/mol. The van der Waals surface area contributed by atoms with Crippen LogP contribution in [0.5, 0.6) is 0 Å². The molecule has 0 atom stereocenters. The van der Waals surface area contributed by atoms with Crippen LogP contribution in [0.2, 0.25) is 0 Å². The number of nitrogens with zero attached hydrogens (tertiary/aromatic N) is 3. The molecule has 0 aliphatic rings. The fourth-order valence-corrected chi connectivity index (χ4v) is 5.11. The monoisotopic (exact) mass is 465 g/mol. The minimum Gasteiger partial charge on any atom is -0.309 e. The minimum atomic E-state index is 0.773. The number of rotatable bonds is 6. The summed E-state index contributed by atoms with van der Waals surface area (Å²) >= 11 is 3.20. The molecule has 33 heavy (non-hydrogen) atoms. The van der Waals surface area contributed by atoms with Gasteiger partial charge in [-0.2, -0.15) is 4.37 Å². The Balaban J connectivity index is 1.54. The largest absolute Gasteiger partial charge is 0.309 e. The molecule has 0 saturated heterocycles. The molecule has 0 fully saturated rings. The van der Waals surface area contributed by atoms with Crippen LogP contribution in [0.4, 0.5) is 17.1 Å². The van der Waals surface area contributed by atoms with Crippen LogP contribution in [0.3, 0.4) is 0 Å². The predicted octanol–water partition coefficient (Wildman–Crippen LogP) is 8.37. The van der Waals surface area contributed by atoms with Crippen molar-refractivity contribution < 1.29 is 0 Å². The molecular formula is C28H23N3S2. The Kier molecular flexibility index (Phi) is 6.24. The molecule has 0 unspecified atom stereocenters. The first kappa shape index (κ1) is 21.4. The Morgan fingerprint density at radius 1 is 0.697 bits per heavy atom. The molecule has 5 heteroatoms. The van der Waals surface area contributed by atoms with E-state index in [1.165, 1.54) is 33.4 Å². The van der Waals surface area contributed by atoms with Gasteiger partial charge in [-0.25, -0.2) is 4.98 Å². The van der Waals surface area contributed by atoms with Crippen LogP contribution >= 0.6 is 23.3 Å². The van der Waals surface area contributed by atoms with Crippen molar-refractivity contribution >= 4 is 40.4 Å². The van der Waals surface area contributed by atoms with Crippen LogP contribution in [0.15, 0.2) is 108 Å². The summed E-state index contributed by atoms with van der Waals surface area (Å²) in [6, 6.07) is 35.8. The Morgan fingerprint density at radius 3 is 2.09 bits per heavy atom. The van der Waals surface area contributed by atoms with Crippen molar-refractivity contribution in [2.24, 2.45) is 0 Å². The number of para-hydroxylation sites is 2. The summed E-state index contributed by atoms with van der Waals surface area (Å²) in [6.07, 6.45) is 2.12. The third kappa shape index (κ3) is 4.42. The van der Waals surface area contributed by atoms with Gasteiger partial charge in [0.1, 0.15) is 5.01 Å². The first-order chi connectivity index (χ1) is 16.2. The molecule has 1 heterocycles. The van der Waals surface area contributed by atoms with E-state index >= 15 is 0 Å². The molecule has 0 spiro atoms. The lowest BCUT2D eigenvalue weighted by atomic mass is 10.1. The van der Waals surface area contributed by atoms with E-state index < -0.39 is 0 Å². The van der Waals surface area contributed by atoms with E-state index in [-0.39, 0.29) is 0 Å². The fourth-order valence-electron chi connectivity index (χ4n) is 3.84. The Bertz CT molecular complexity index is 1360. The van der Waals surface area contributed by atoms with E-state index in [0.717, 1.165) is 27.6 Å². The van der Waals surface area contributed by atoms with Crippen LogP contribution in [0.25, 0.3) is 22.0 Å². The molecule has 0 bridgehead atoms. The quantitative estimate of drug-likeness (QED) is 0.236. The second-order valence-corrected chi connectivity index (χ2v) is 9.23. The standard InChI is InChI=1S/C28H23N3S2/c1-20-10-6-7-13-24(20)31(25-14-8-9-15-26(25)32-2)23-18-16-22(17-19-23)28-29-27(30-33-28)21-11-4-3-5-12-21/h3-19H,1-2H3. The number of aryl methyl sites for hydroxylation is 1. The number of hydrogen-bond donors (Lipinski definition) is 0. The normalized spacial score (nSPS) is 10.8. The average molecular weight is 466 g/mol. The summed E-state index contributed by atoms with van der Waals surface area (Å²) in [5.41, 5.74) is 6.80. The lowest BCUT2D eigenvalue weighted by Gasteiger charge is -2.28. The van der Waals surface area contributed by atoms with E-state index in [9.17, 15) is 0 Å². The zero-order valence-electron chi connectivity index (χ0n) is 18.5. The van der Waals surface area contributed by atoms with Crippen molar-refractivity contribution in [1.82, 2.24) is 9.36 Å². The van der Waals surface area contributed by atoms with Crippen molar-refractivity contribution in [3.63, 3.8) is 0 Å². The van der Waals surface area contributed by atoms with Gasteiger partial charge in [-0.3, -0.25) is 0 Å². The molecule has 3 nitrogen and oxygen atoms in total. The third-order valence-corrected chi connectivity index (χ3v) is 7.06. The van der Waals surface area contributed by atoms with Crippen LogP contribution in [-0.4, -0.2) is 15.6 Å². The summed E-state index contributed by atoms with van der Waals surface area (Å²) in [7, 11) is 0. The molecule has 0 N–H and O–H groups in total. The lowest BCUT2D eigenvalue weighted by Crippen LogP contribution is -2.12. The highest BCUT2D eigenvalue weighted by molar-refractivity contribution is 7.98. The van der Waals surface area contributed by atoms with E-state index in [1.807, 2.05) is 30.3 Å². The van der Waals surface area contributed by atoms with E-state index in [2.05, 4.69) is 95.2 Å². The molecule has 0 amide bonds. The van der Waals surface area contributed by atoms with Crippen LogP contribution in [-0.2, 0) is 0 Å². The van der Waals surface area contributed by atoms with Crippen LogP contribution < -0.4 is 4.90 Å². The molecule has 0 aliphatic carbocycles. The van der Waals surface area contributed by atoms with E-state index in [0.29, 0.717) is 0 Å². The first-order valence-corrected chi connectivity index (χ1v) is 12.7. The third-order valence-electron chi connectivity index (χ3n) is 5.51. The van der Waals surface area contributed by atoms with Gasteiger partial charge in [0, 0.05) is 27.4 Å². The molecule has 4 aromatic carbocycles. The summed E-state index contributed by atoms with van der Waals surface area (Å²) in [5.74, 6) is 0.773. The number of benzene rings is 4. The lowest BCUT2D eigenvalue weighted by molar-refractivity contribution is 1.21. The maximum Gasteiger partial charge on any atom is 0.173 e. The van der Waals surface area contributed by atoms with Crippen LogP contribution in [0, 0.1) is 6.92 Å². The topological polar surface area (TPSA) is 29.0 Å². The number of hydrogen-bond acceptors (Lipinski definition) is 5. The Morgan fingerprint density at radius 2 is 1.36 bits per heavy atom. The van der Waals surface area contributed by atoms with Gasteiger partial charge in [0.2, 0.25) is 0 Å². The highest BCUT2D eigenvalue weighted by Gasteiger charge is 2.17. The van der Waals surface area contributed by atoms with E-state index in [1.54, 1.807) is 11.8 Å². The molecule has 1 aromatic heterocycles. The van der Waals surface area contributed by atoms with Crippen molar-refractivity contribution in [3.8, 4) is 22.0 Å². The maximum atomic E-state index is 4.77. The Labute approximate surface area is 202 Å². The molecule has 162 valence electrons. The van der Waals surface area contributed by atoms with Gasteiger partial charge in [-0.15, -0.1) is 11.8 Å². The maximum absolute atomic E-state index is 4.77. The van der Waals surface area contributed by atoms with Crippen LogP contribution in [0.1, 0.15) is 5.56 Å². The number of thioether (sulfide) groups is 1. The first-order valence-electron chi connectivity index (χ1n) is 10.7. The highest BCUT2D eigenvalue weighted by Crippen LogP contribution is 2.41. The van der Waals surface area contributed by atoms with Gasteiger partial charge in [-0.05, 0) is 72.7 Å². The molecule has 0 radical (unpaired) electrons. The summed E-state index contributed by atoms with van der Waals surface area (Å²) < 4.78 is 4.57. The zero-order chi connectivity index (χ0) is 22.6. The number of anilines is 3. The number of aromatic nitrogens is 2. The van der Waals surface area contributed by atoms with Crippen molar-refractivity contribution in [1.29, 1.82) is 0 Å². The second kappa shape index (κ2) is 9.61. The molecule has 0 aliphatic heterocycles. The molecular weight excluding hydrogens is 442 g/mol. The average Bonchev–Trinajstić information content (AvgIpc) is 3.37. The van der Waals surface area contributed by atoms with Crippen molar-refractivity contribution in [2.75, 3.05) is 11.2 Å². The van der Waals surface area contributed by atoms with Gasteiger partial charge < -0.3 is 4.90 Å². The van der Waals surface area contributed by atoms with Crippen molar-refractivity contribution in [3.05, 3.63) is 109 Å². The fraction of sp³-hybridized carbons (Fsp3) is 0.0714. The van der Waals surface area contributed by atoms with Gasteiger partial charge in [0.15, 0.2) is 5.82 Å².